The van der Waals surface area contributed by atoms with Crippen LogP contribution in [-0.2, 0) is 4.79 Å². The summed E-state index contributed by atoms with van der Waals surface area (Å²) in [7, 11) is 4.67. The highest BCUT2D eigenvalue weighted by atomic mass is 35.5. The Labute approximate surface area is 207 Å². The van der Waals surface area contributed by atoms with Gasteiger partial charge >= 0.3 is 0 Å². The Morgan fingerprint density at radius 2 is 1.59 bits per heavy atom. The molecule has 6 nitrogen and oxygen atoms in total. The predicted octanol–water partition coefficient (Wildman–Crippen LogP) is 5.94. The van der Waals surface area contributed by atoms with E-state index in [2.05, 4.69) is 5.10 Å². The smallest absolute Gasteiger partial charge is 0.280 e. The van der Waals surface area contributed by atoms with Crippen LogP contribution in [0.5, 0.6) is 17.2 Å². The van der Waals surface area contributed by atoms with Crippen LogP contribution in [-0.4, -0.2) is 38.7 Å². The Morgan fingerprint density at radius 3 is 2.18 bits per heavy atom. The lowest BCUT2D eigenvalue weighted by Crippen LogP contribution is -2.21. The second-order valence-corrected chi connectivity index (χ2v) is 8.74. The molecular formula is C26H23ClN2O4S. The molecule has 0 atom stereocenters. The summed E-state index contributed by atoms with van der Waals surface area (Å²) in [5, 5.41) is 6.78. The molecule has 0 bridgehead atoms. The van der Waals surface area contributed by atoms with E-state index in [0.717, 1.165) is 10.5 Å². The van der Waals surface area contributed by atoms with Crippen LogP contribution in [0.3, 0.4) is 0 Å². The number of rotatable bonds is 8. The SMILES string of the molecule is COc1cc(/C=C2\C(=O)N(c3ccccc3)N=C2CSc2ccc(Cl)cc2)cc(OC)c1OC. The number of carbonyl (C=O) groups is 1. The molecule has 3 aromatic rings. The maximum Gasteiger partial charge on any atom is 0.280 e. The Hall–Kier alpha value is -3.42. The third kappa shape index (κ3) is 5.05. The number of methoxy groups -OCH3 is 3. The van der Waals surface area contributed by atoms with Gasteiger partial charge in [-0.1, -0.05) is 29.8 Å². The van der Waals surface area contributed by atoms with E-state index >= 15 is 0 Å². The van der Waals surface area contributed by atoms with Crippen molar-refractivity contribution in [2.24, 2.45) is 5.10 Å². The summed E-state index contributed by atoms with van der Waals surface area (Å²) in [6.45, 7) is 0. The van der Waals surface area contributed by atoms with E-state index < -0.39 is 0 Å². The number of ether oxygens (including phenoxy) is 3. The topological polar surface area (TPSA) is 60.4 Å². The van der Waals surface area contributed by atoms with E-state index in [0.29, 0.717) is 45.0 Å². The first-order chi connectivity index (χ1) is 16.5. The number of hydrogen-bond acceptors (Lipinski definition) is 6. The van der Waals surface area contributed by atoms with Gasteiger partial charge in [0.15, 0.2) is 11.5 Å². The summed E-state index contributed by atoms with van der Waals surface area (Å²) >= 11 is 7.59. The fourth-order valence-corrected chi connectivity index (χ4v) is 4.46. The van der Waals surface area contributed by atoms with Crippen LogP contribution in [0.15, 0.2) is 82.3 Å². The molecule has 174 valence electrons. The summed E-state index contributed by atoms with van der Waals surface area (Å²) in [5.74, 6) is 1.81. The van der Waals surface area contributed by atoms with Gasteiger partial charge in [0, 0.05) is 15.7 Å². The van der Waals surface area contributed by atoms with Crippen LogP contribution in [0.4, 0.5) is 5.69 Å². The zero-order valence-corrected chi connectivity index (χ0v) is 20.5. The molecule has 34 heavy (non-hydrogen) atoms. The molecule has 0 unspecified atom stereocenters. The standard InChI is InChI=1S/C26H23ClN2O4S/c1-31-23-14-17(15-24(32-2)25(23)33-3)13-21-22(16-34-20-11-9-18(27)10-12-20)28-29(26(21)30)19-7-5-4-6-8-19/h4-15H,16H2,1-3H3/b21-13-. The van der Waals surface area contributed by atoms with Crippen molar-refractivity contribution < 1.29 is 19.0 Å². The quantitative estimate of drug-likeness (QED) is 0.286. The van der Waals surface area contributed by atoms with Crippen LogP contribution >= 0.6 is 23.4 Å². The fourth-order valence-electron chi connectivity index (χ4n) is 3.49. The van der Waals surface area contributed by atoms with Crippen molar-refractivity contribution in [2.45, 2.75) is 4.90 Å². The van der Waals surface area contributed by atoms with Crippen molar-refractivity contribution in [3.8, 4) is 17.2 Å². The molecule has 0 aliphatic carbocycles. The highest BCUT2D eigenvalue weighted by Gasteiger charge is 2.31. The number of benzene rings is 3. The number of anilines is 1. The van der Waals surface area contributed by atoms with Crippen molar-refractivity contribution in [2.75, 3.05) is 32.1 Å². The Balaban J connectivity index is 1.72. The second kappa shape index (κ2) is 10.7. The van der Waals surface area contributed by atoms with E-state index in [-0.39, 0.29) is 5.91 Å². The average molecular weight is 495 g/mol. The number of hydrazone groups is 1. The summed E-state index contributed by atoms with van der Waals surface area (Å²) in [5.41, 5.74) is 2.61. The highest BCUT2D eigenvalue weighted by Crippen LogP contribution is 2.39. The number of amides is 1. The lowest BCUT2D eigenvalue weighted by atomic mass is 10.1. The summed E-state index contributed by atoms with van der Waals surface area (Å²) < 4.78 is 16.4. The molecular weight excluding hydrogens is 472 g/mol. The van der Waals surface area contributed by atoms with Gasteiger partial charge in [0.1, 0.15) is 0 Å². The zero-order valence-electron chi connectivity index (χ0n) is 18.9. The number of halogens is 1. The van der Waals surface area contributed by atoms with Gasteiger partial charge in [-0.2, -0.15) is 10.1 Å². The summed E-state index contributed by atoms with van der Waals surface area (Å²) in [6, 6.07) is 20.5. The molecule has 1 aliphatic rings. The van der Waals surface area contributed by atoms with Crippen LogP contribution in [0.2, 0.25) is 5.02 Å². The maximum absolute atomic E-state index is 13.4. The Kier molecular flexibility index (Phi) is 7.45. The molecule has 3 aromatic carbocycles. The molecule has 0 saturated heterocycles. The number of hydrogen-bond donors (Lipinski definition) is 0. The van der Waals surface area contributed by atoms with Crippen molar-refractivity contribution in [1.82, 2.24) is 0 Å². The molecule has 1 amide bonds. The zero-order chi connectivity index (χ0) is 24.1. The second-order valence-electron chi connectivity index (χ2n) is 7.26. The fraction of sp³-hybridized carbons (Fsp3) is 0.154. The predicted molar refractivity (Wildman–Crippen MR) is 138 cm³/mol. The molecule has 1 aliphatic heterocycles. The van der Waals surface area contributed by atoms with Crippen LogP contribution in [0, 0.1) is 0 Å². The first-order valence-corrected chi connectivity index (χ1v) is 11.8. The normalized spacial score (nSPS) is 14.4. The monoisotopic (exact) mass is 494 g/mol. The molecule has 0 saturated carbocycles. The van der Waals surface area contributed by atoms with Gasteiger partial charge in [-0.05, 0) is 60.2 Å². The first kappa shape index (κ1) is 23.7. The number of carbonyl (C=O) groups excluding carboxylic acids is 1. The van der Waals surface area contributed by atoms with E-state index in [1.165, 1.54) is 5.01 Å². The van der Waals surface area contributed by atoms with E-state index in [1.807, 2.05) is 54.6 Å². The van der Waals surface area contributed by atoms with Gasteiger partial charge < -0.3 is 14.2 Å². The molecule has 1 heterocycles. The van der Waals surface area contributed by atoms with Gasteiger partial charge in [-0.25, -0.2) is 0 Å². The van der Waals surface area contributed by atoms with E-state index in [1.54, 1.807) is 51.3 Å². The van der Waals surface area contributed by atoms with Gasteiger partial charge in [0.2, 0.25) is 5.75 Å². The van der Waals surface area contributed by atoms with E-state index in [9.17, 15) is 4.79 Å². The van der Waals surface area contributed by atoms with Crippen LogP contribution in [0.25, 0.3) is 6.08 Å². The number of nitrogens with zero attached hydrogens (tertiary/aromatic N) is 2. The highest BCUT2D eigenvalue weighted by molar-refractivity contribution is 8.00. The van der Waals surface area contributed by atoms with Gasteiger partial charge in [-0.15, -0.1) is 11.8 Å². The molecule has 0 aromatic heterocycles. The third-order valence-corrected chi connectivity index (χ3v) is 6.42. The van der Waals surface area contributed by atoms with Crippen LogP contribution in [0.1, 0.15) is 5.56 Å². The van der Waals surface area contributed by atoms with Gasteiger partial charge in [-0.3, -0.25) is 4.79 Å². The lowest BCUT2D eigenvalue weighted by molar-refractivity contribution is -0.114. The van der Waals surface area contributed by atoms with Gasteiger partial charge in [0.25, 0.3) is 5.91 Å². The molecule has 0 fully saturated rings. The van der Waals surface area contributed by atoms with Crippen molar-refractivity contribution in [3.05, 3.63) is 82.9 Å². The average Bonchev–Trinajstić information content (AvgIpc) is 3.18. The molecule has 8 heteroatoms. The number of thioether (sulfide) groups is 1. The molecule has 4 rings (SSSR count). The Morgan fingerprint density at radius 1 is 0.941 bits per heavy atom. The van der Waals surface area contributed by atoms with Crippen LogP contribution < -0.4 is 19.2 Å². The summed E-state index contributed by atoms with van der Waals surface area (Å²) in [4.78, 5) is 14.5. The van der Waals surface area contributed by atoms with Crippen molar-refractivity contribution >= 4 is 46.7 Å². The summed E-state index contributed by atoms with van der Waals surface area (Å²) in [6.07, 6.45) is 1.80. The lowest BCUT2D eigenvalue weighted by Gasteiger charge is -2.13. The molecule has 0 N–H and O–H groups in total. The third-order valence-electron chi connectivity index (χ3n) is 5.14. The van der Waals surface area contributed by atoms with Crippen molar-refractivity contribution in [3.63, 3.8) is 0 Å². The molecule has 0 spiro atoms. The number of para-hydroxylation sites is 1. The van der Waals surface area contributed by atoms with Gasteiger partial charge in [0.05, 0.1) is 38.3 Å². The minimum absolute atomic E-state index is 0.202. The molecule has 0 radical (unpaired) electrons. The first-order valence-electron chi connectivity index (χ1n) is 10.4. The Bertz CT molecular complexity index is 1220. The minimum atomic E-state index is -0.202. The minimum Gasteiger partial charge on any atom is -0.493 e. The largest absolute Gasteiger partial charge is 0.493 e. The van der Waals surface area contributed by atoms with E-state index in [4.69, 9.17) is 25.8 Å². The maximum atomic E-state index is 13.4. The van der Waals surface area contributed by atoms with Crippen molar-refractivity contribution in [1.29, 1.82) is 0 Å².